The molecule has 1 spiro atoms. The molecule has 0 aromatic carbocycles. The molecule has 3 fully saturated rings. The molecule has 4 heterocycles. The van der Waals surface area contributed by atoms with Crippen molar-refractivity contribution in [2.45, 2.75) is 108 Å². The monoisotopic (exact) mass is 544 g/mol. The first-order chi connectivity index (χ1) is 18.5. The second kappa shape index (κ2) is 11.2. The quantitative estimate of drug-likeness (QED) is 0.340. The van der Waals surface area contributed by atoms with Crippen LogP contribution in [0.2, 0.25) is 0 Å². The Balaban J connectivity index is 1.52. The third-order valence-electron chi connectivity index (χ3n) is 9.35. The van der Waals surface area contributed by atoms with Gasteiger partial charge in [-0.1, -0.05) is 49.8 Å². The second-order valence-electron chi connectivity index (χ2n) is 12.4. The summed E-state index contributed by atoms with van der Waals surface area (Å²) in [5.74, 6) is -1.89. The van der Waals surface area contributed by atoms with Crippen LogP contribution < -0.4 is 0 Å². The van der Waals surface area contributed by atoms with Crippen LogP contribution in [0.4, 0.5) is 0 Å². The van der Waals surface area contributed by atoms with E-state index in [0.717, 1.165) is 19.3 Å². The van der Waals surface area contributed by atoms with Crippen LogP contribution in [0.1, 0.15) is 66.2 Å². The first kappa shape index (κ1) is 28.7. The molecule has 0 aromatic heterocycles. The van der Waals surface area contributed by atoms with Gasteiger partial charge in [0.1, 0.15) is 29.8 Å². The average molecular weight is 545 g/mol. The van der Waals surface area contributed by atoms with Gasteiger partial charge in [-0.3, -0.25) is 4.79 Å². The van der Waals surface area contributed by atoms with Crippen molar-refractivity contribution in [1.82, 2.24) is 0 Å². The predicted octanol–water partition coefficient (Wildman–Crippen LogP) is 3.51. The number of rotatable bonds is 1. The third kappa shape index (κ3) is 5.56. The minimum atomic E-state index is -1.79. The molecule has 0 unspecified atom stereocenters. The van der Waals surface area contributed by atoms with E-state index >= 15 is 0 Å². The van der Waals surface area contributed by atoms with Crippen LogP contribution in [0.15, 0.2) is 47.1 Å². The fraction of sp³-hybridized carbons (Fsp3) is 0.710. The maximum absolute atomic E-state index is 13.8. The lowest BCUT2D eigenvalue weighted by Crippen LogP contribution is -2.58. The minimum Gasteiger partial charge on any atom is -0.462 e. The van der Waals surface area contributed by atoms with Crippen molar-refractivity contribution in [3.63, 3.8) is 0 Å². The fourth-order valence-corrected chi connectivity index (χ4v) is 6.90. The maximum atomic E-state index is 13.8. The number of hydrogen-bond donors (Lipinski definition) is 3. The second-order valence-corrected chi connectivity index (χ2v) is 12.4. The number of esters is 1. The number of carbonyl (C=O) groups excluding carboxylic acids is 1. The Morgan fingerprint density at radius 3 is 2.69 bits per heavy atom. The maximum Gasteiger partial charge on any atom is 0.316 e. The number of fused-ring (bicyclic) bond motifs is 2. The van der Waals surface area contributed by atoms with Gasteiger partial charge in [-0.2, -0.15) is 0 Å². The number of allylic oxidation sites excluding steroid dienone is 4. The van der Waals surface area contributed by atoms with Crippen LogP contribution in [0, 0.1) is 17.8 Å². The molecule has 8 nitrogen and oxygen atoms in total. The molecule has 10 atom stereocenters. The normalized spacial score (nSPS) is 48.7. The van der Waals surface area contributed by atoms with Crippen molar-refractivity contribution in [3.05, 3.63) is 47.1 Å². The van der Waals surface area contributed by atoms with Crippen LogP contribution in [-0.2, 0) is 23.7 Å². The molecule has 0 aromatic rings. The molecule has 4 aliphatic heterocycles. The van der Waals surface area contributed by atoms with Crippen LogP contribution in [-0.4, -0.2) is 76.4 Å². The number of aliphatic hydroxyl groups is 3. The van der Waals surface area contributed by atoms with Gasteiger partial charge in [-0.15, -0.1) is 0 Å². The van der Waals surface area contributed by atoms with E-state index in [1.807, 2.05) is 6.08 Å². The fourth-order valence-electron chi connectivity index (χ4n) is 6.90. The Morgan fingerprint density at radius 2 is 1.95 bits per heavy atom. The molecule has 3 N–H and O–H groups in total. The van der Waals surface area contributed by atoms with E-state index in [9.17, 15) is 20.1 Å². The van der Waals surface area contributed by atoms with Gasteiger partial charge < -0.3 is 34.3 Å². The highest BCUT2D eigenvalue weighted by atomic mass is 16.7. The van der Waals surface area contributed by atoms with E-state index in [2.05, 4.69) is 39.8 Å². The van der Waals surface area contributed by atoms with Gasteiger partial charge in [-0.25, -0.2) is 0 Å². The Labute approximate surface area is 231 Å². The molecule has 0 saturated carbocycles. The first-order valence-corrected chi connectivity index (χ1v) is 14.5. The topological polar surface area (TPSA) is 115 Å². The van der Waals surface area contributed by atoms with Crippen molar-refractivity contribution in [2.75, 3.05) is 13.2 Å². The summed E-state index contributed by atoms with van der Waals surface area (Å²) < 4.78 is 25.1. The molecule has 1 aliphatic carbocycles. The van der Waals surface area contributed by atoms with Crippen molar-refractivity contribution < 1.29 is 39.1 Å². The van der Waals surface area contributed by atoms with Gasteiger partial charge in [-0.05, 0) is 56.1 Å². The van der Waals surface area contributed by atoms with Gasteiger partial charge in [0.2, 0.25) is 0 Å². The summed E-state index contributed by atoms with van der Waals surface area (Å²) in [6.45, 7) is 8.12. The smallest absolute Gasteiger partial charge is 0.316 e. The van der Waals surface area contributed by atoms with Crippen LogP contribution in [0.5, 0.6) is 0 Å². The summed E-state index contributed by atoms with van der Waals surface area (Å²) in [5.41, 5.74) is 0.217. The zero-order valence-corrected chi connectivity index (χ0v) is 23.5. The van der Waals surface area contributed by atoms with Crippen molar-refractivity contribution in [1.29, 1.82) is 0 Å². The summed E-state index contributed by atoms with van der Waals surface area (Å²) in [7, 11) is 0. The van der Waals surface area contributed by atoms with Crippen molar-refractivity contribution >= 4 is 5.97 Å². The lowest BCUT2D eigenvalue weighted by atomic mass is 9.70. The highest BCUT2D eigenvalue weighted by molar-refractivity contribution is 5.78. The molecule has 5 rings (SSSR count). The number of ether oxygens (including phenoxy) is 4. The molecule has 39 heavy (non-hydrogen) atoms. The lowest BCUT2D eigenvalue weighted by Gasteiger charge is -2.49. The van der Waals surface area contributed by atoms with Gasteiger partial charge >= 0.3 is 5.97 Å². The zero-order chi connectivity index (χ0) is 27.9. The van der Waals surface area contributed by atoms with Crippen molar-refractivity contribution in [3.8, 4) is 0 Å². The summed E-state index contributed by atoms with van der Waals surface area (Å²) in [6.07, 6.45) is 10.7. The van der Waals surface area contributed by atoms with E-state index in [4.69, 9.17) is 18.9 Å². The molecule has 0 amide bonds. The highest BCUT2D eigenvalue weighted by Gasteiger charge is 2.60. The molecule has 3 saturated heterocycles. The van der Waals surface area contributed by atoms with Crippen molar-refractivity contribution in [2.24, 2.45) is 17.8 Å². The van der Waals surface area contributed by atoms with Crippen LogP contribution >= 0.6 is 0 Å². The predicted molar refractivity (Wildman–Crippen MR) is 144 cm³/mol. The van der Waals surface area contributed by atoms with E-state index < -0.39 is 48.2 Å². The summed E-state index contributed by atoms with van der Waals surface area (Å²) >= 11 is 0. The number of aliphatic hydroxyl groups excluding tert-OH is 2. The Kier molecular flexibility index (Phi) is 8.26. The Bertz CT molecular complexity index is 1060. The number of carbonyl (C=O) groups is 1. The summed E-state index contributed by atoms with van der Waals surface area (Å²) in [5, 5.41) is 32.8. The SMILES string of the molecule is C/C1=C\C[C@@H]2C[C@@H](C[C@]3(CC[C@H](C)[C@@H](C)O3)O2)OC(=O)[C@@H]2C=C(CO)[C@@H](O)[C@H]3OC/C(=C\C=C\[C@H](C)C1)[C@]32O. The average Bonchev–Trinajstić information content (AvgIpc) is 3.22. The van der Waals surface area contributed by atoms with Gasteiger partial charge in [0.15, 0.2) is 5.79 Å². The third-order valence-corrected chi connectivity index (χ3v) is 9.35. The summed E-state index contributed by atoms with van der Waals surface area (Å²) in [4.78, 5) is 13.8. The van der Waals surface area contributed by atoms with Gasteiger partial charge in [0.05, 0.1) is 25.4 Å². The molecular weight excluding hydrogens is 500 g/mol. The van der Waals surface area contributed by atoms with Gasteiger partial charge in [0, 0.05) is 19.3 Å². The molecule has 0 radical (unpaired) electrons. The lowest BCUT2D eigenvalue weighted by molar-refractivity contribution is -0.332. The first-order valence-electron chi connectivity index (χ1n) is 14.5. The standard InChI is InChI=1S/C31H44O8/c1-18-6-5-7-23-17-36-28-27(33)22(16-32)13-26(31(23,28)35)29(34)37-25-14-24(9-8-19(2)12-18)39-30(15-25)11-10-20(3)21(4)38-30/h5-8,13,18,20-21,24-28,32-33,35H,9-12,14-17H2,1-4H3/b6-5+,19-8+,23-7+/t18-,20-,21+,24+,25-,26-,27+,28+,30-,31+/m0/s1. The van der Waals surface area contributed by atoms with Gasteiger partial charge in [0.25, 0.3) is 0 Å². The zero-order valence-electron chi connectivity index (χ0n) is 23.5. The molecule has 216 valence electrons. The number of hydrogen-bond acceptors (Lipinski definition) is 8. The highest BCUT2D eigenvalue weighted by Crippen LogP contribution is 2.47. The molecule has 2 bridgehead atoms. The van der Waals surface area contributed by atoms with E-state index in [-0.39, 0.29) is 30.3 Å². The van der Waals surface area contributed by atoms with Crippen LogP contribution in [0.25, 0.3) is 0 Å². The molecule has 5 aliphatic rings. The largest absolute Gasteiger partial charge is 0.462 e. The molecular formula is C31H44O8. The van der Waals surface area contributed by atoms with E-state index in [1.165, 1.54) is 11.6 Å². The minimum absolute atomic E-state index is 0.0244. The Morgan fingerprint density at radius 1 is 1.15 bits per heavy atom. The summed E-state index contributed by atoms with van der Waals surface area (Å²) in [6, 6.07) is 0. The van der Waals surface area contributed by atoms with Crippen LogP contribution in [0.3, 0.4) is 0 Å². The Hall–Kier alpha value is -1.81. The van der Waals surface area contributed by atoms with E-state index in [0.29, 0.717) is 30.8 Å². The van der Waals surface area contributed by atoms with E-state index in [1.54, 1.807) is 6.08 Å². The molecule has 8 heteroatoms.